The molecule has 5 nitrogen and oxygen atoms in total. The Labute approximate surface area is 188 Å². The summed E-state index contributed by atoms with van der Waals surface area (Å²) in [7, 11) is 0. The highest BCUT2D eigenvalue weighted by molar-refractivity contribution is 6.32. The summed E-state index contributed by atoms with van der Waals surface area (Å²) >= 11 is 6.19. The third-order valence-corrected chi connectivity index (χ3v) is 5.66. The molecule has 168 valence electrons. The van der Waals surface area contributed by atoms with Crippen LogP contribution in [0.2, 0.25) is 5.02 Å². The van der Waals surface area contributed by atoms with Gasteiger partial charge < -0.3 is 15.0 Å². The third-order valence-electron chi connectivity index (χ3n) is 5.07. The van der Waals surface area contributed by atoms with Crippen molar-refractivity contribution in [2.75, 3.05) is 13.2 Å². The molecule has 0 fully saturated rings. The van der Waals surface area contributed by atoms with Crippen molar-refractivity contribution in [3.05, 3.63) is 63.9 Å². The Balaban J connectivity index is 2.17. The Hall–Kier alpha value is -2.60. The fourth-order valence-corrected chi connectivity index (χ4v) is 3.26. The quantitative estimate of drug-likeness (QED) is 0.531. The van der Waals surface area contributed by atoms with Crippen LogP contribution >= 0.6 is 11.6 Å². The van der Waals surface area contributed by atoms with Gasteiger partial charge in [-0.05, 0) is 56.5 Å². The summed E-state index contributed by atoms with van der Waals surface area (Å²) in [6.45, 7) is 7.60. The van der Waals surface area contributed by atoms with E-state index < -0.39 is 17.8 Å². The maximum absolute atomic E-state index is 14.2. The highest BCUT2D eigenvalue weighted by Crippen LogP contribution is 2.26. The Morgan fingerprint density at radius 3 is 2.45 bits per heavy atom. The minimum atomic E-state index is -0.777. The van der Waals surface area contributed by atoms with E-state index in [0.29, 0.717) is 22.9 Å². The van der Waals surface area contributed by atoms with Gasteiger partial charge in [0, 0.05) is 23.7 Å². The standard InChI is InChI=1S/C24H30ClFN2O3/c1-5-6-11-27-24(30)18(4)28(14-19-9-7-8-10-21(19)26)22(29)15-31-20-12-16(2)23(25)17(3)13-20/h7-10,12-13,18H,5-6,11,14-15H2,1-4H3,(H,27,30)/t18-/m1/s1. The molecule has 0 aliphatic rings. The lowest BCUT2D eigenvalue weighted by atomic mass is 10.1. The van der Waals surface area contributed by atoms with Crippen molar-refractivity contribution >= 4 is 23.4 Å². The van der Waals surface area contributed by atoms with E-state index >= 15 is 0 Å². The van der Waals surface area contributed by atoms with E-state index in [-0.39, 0.29) is 19.1 Å². The van der Waals surface area contributed by atoms with Crippen LogP contribution in [0.15, 0.2) is 36.4 Å². The molecule has 0 heterocycles. The first-order chi connectivity index (χ1) is 14.7. The Kier molecular flexibility index (Phi) is 9.31. The van der Waals surface area contributed by atoms with E-state index in [4.69, 9.17) is 16.3 Å². The van der Waals surface area contributed by atoms with Gasteiger partial charge in [-0.1, -0.05) is 43.1 Å². The number of ether oxygens (including phenoxy) is 1. The van der Waals surface area contributed by atoms with Crippen molar-refractivity contribution < 1.29 is 18.7 Å². The molecule has 0 saturated heterocycles. The van der Waals surface area contributed by atoms with Crippen LogP contribution in [0.4, 0.5) is 4.39 Å². The second-order valence-electron chi connectivity index (χ2n) is 7.59. The maximum Gasteiger partial charge on any atom is 0.261 e. The van der Waals surface area contributed by atoms with Gasteiger partial charge in [0.1, 0.15) is 17.6 Å². The summed E-state index contributed by atoms with van der Waals surface area (Å²) in [5, 5.41) is 3.48. The summed E-state index contributed by atoms with van der Waals surface area (Å²) in [5.41, 5.74) is 2.02. The molecule has 2 aromatic rings. The summed E-state index contributed by atoms with van der Waals surface area (Å²) in [4.78, 5) is 26.9. The van der Waals surface area contributed by atoms with Crippen LogP contribution in [0.3, 0.4) is 0 Å². The number of halogens is 2. The van der Waals surface area contributed by atoms with Crippen molar-refractivity contribution in [1.29, 1.82) is 0 Å². The number of carbonyl (C=O) groups is 2. The normalized spacial score (nSPS) is 11.7. The molecule has 0 spiro atoms. The molecule has 0 unspecified atom stereocenters. The van der Waals surface area contributed by atoms with Gasteiger partial charge >= 0.3 is 0 Å². The van der Waals surface area contributed by atoms with Gasteiger partial charge in [0.05, 0.1) is 0 Å². The summed E-state index contributed by atoms with van der Waals surface area (Å²) < 4.78 is 19.9. The Morgan fingerprint density at radius 2 is 1.84 bits per heavy atom. The minimum absolute atomic E-state index is 0.0318. The Morgan fingerprint density at radius 1 is 1.19 bits per heavy atom. The van der Waals surface area contributed by atoms with E-state index in [1.807, 2.05) is 20.8 Å². The largest absolute Gasteiger partial charge is 0.484 e. The molecule has 2 aromatic carbocycles. The first-order valence-electron chi connectivity index (χ1n) is 10.4. The molecule has 1 N–H and O–H groups in total. The zero-order chi connectivity index (χ0) is 23.0. The number of rotatable bonds is 10. The lowest BCUT2D eigenvalue weighted by Crippen LogP contribution is -2.49. The van der Waals surface area contributed by atoms with Crippen molar-refractivity contribution in [3.63, 3.8) is 0 Å². The molecular weight excluding hydrogens is 419 g/mol. The number of unbranched alkanes of at least 4 members (excludes halogenated alkanes) is 1. The van der Waals surface area contributed by atoms with Crippen molar-refractivity contribution in [1.82, 2.24) is 10.2 Å². The number of nitrogens with zero attached hydrogens (tertiary/aromatic N) is 1. The molecule has 31 heavy (non-hydrogen) atoms. The molecule has 0 radical (unpaired) electrons. The average Bonchev–Trinajstić information content (AvgIpc) is 2.74. The molecule has 2 rings (SSSR count). The SMILES string of the molecule is CCCCNC(=O)[C@@H](C)N(Cc1ccccc1F)C(=O)COc1cc(C)c(Cl)c(C)c1. The zero-order valence-corrected chi connectivity index (χ0v) is 19.3. The van der Waals surface area contributed by atoms with Crippen LogP contribution in [-0.4, -0.2) is 35.9 Å². The average molecular weight is 449 g/mol. The Bertz CT molecular complexity index is 896. The molecular formula is C24H30ClFN2O3. The third kappa shape index (κ3) is 6.96. The molecule has 0 saturated carbocycles. The molecule has 0 bridgehead atoms. The van der Waals surface area contributed by atoms with Gasteiger partial charge in [-0.25, -0.2) is 4.39 Å². The van der Waals surface area contributed by atoms with Crippen LogP contribution in [0.25, 0.3) is 0 Å². The number of nitrogens with one attached hydrogen (secondary N) is 1. The highest BCUT2D eigenvalue weighted by atomic mass is 35.5. The first-order valence-corrected chi connectivity index (χ1v) is 10.8. The van der Waals surface area contributed by atoms with E-state index in [9.17, 15) is 14.0 Å². The molecule has 0 aliphatic heterocycles. The van der Waals surface area contributed by atoms with Crippen LogP contribution in [0.5, 0.6) is 5.75 Å². The lowest BCUT2D eigenvalue weighted by Gasteiger charge is -2.29. The summed E-state index contributed by atoms with van der Waals surface area (Å²) in [5.74, 6) is -0.606. The number of carbonyl (C=O) groups excluding carboxylic acids is 2. The molecule has 0 aromatic heterocycles. The van der Waals surface area contributed by atoms with E-state index in [2.05, 4.69) is 5.32 Å². The van der Waals surface area contributed by atoms with E-state index in [1.165, 1.54) is 11.0 Å². The van der Waals surface area contributed by atoms with Crippen LogP contribution in [0.1, 0.15) is 43.4 Å². The van der Waals surface area contributed by atoms with Gasteiger partial charge in [0.15, 0.2) is 6.61 Å². The lowest BCUT2D eigenvalue weighted by molar-refractivity contribution is -0.142. The first kappa shape index (κ1) is 24.7. The van der Waals surface area contributed by atoms with Gasteiger partial charge in [-0.3, -0.25) is 9.59 Å². The predicted octanol–water partition coefficient (Wildman–Crippen LogP) is 4.81. The minimum Gasteiger partial charge on any atom is -0.484 e. The van der Waals surface area contributed by atoms with Gasteiger partial charge in [-0.2, -0.15) is 0 Å². The number of hydrogen-bond donors (Lipinski definition) is 1. The van der Waals surface area contributed by atoms with Crippen LogP contribution < -0.4 is 10.1 Å². The summed E-state index contributed by atoms with van der Waals surface area (Å²) in [6, 6.07) is 8.95. The van der Waals surface area contributed by atoms with E-state index in [1.54, 1.807) is 37.3 Å². The van der Waals surface area contributed by atoms with Crippen LogP contribution in [0, 0.1) is 19.7 Å². The predicted molar refractivity (Wildman–Crippen MR) is 121 cm³/mol. The van der Waals surface area contributed by atoms with Gasteiger partial charge in [-0.15, -0.1) is 0 Å². The summed E-state index contributed by atoms with van der Waals surface area (Å²) in [6.07, 6.45) is 1.79. The fourth-order valence-electron chi connectivity index (χ4n) is 3.15. The zero-order valence-electron chi connectivity index (χ0n) is 18.5. The van der Waals surface area contributed by atoms with E-state index in [0.717, 1.165) is 24.0 Å². The second-order valence-corrected chi connectivity index (χ2v) is 7.97. The maximum atomic E-state index is 14.2. The van der Waals surface area contributed by atoms with Crippen LogP contribution in [-0.2, 0) is 16.1 Å². The number of amides is 2. The number of benzene rings is 2. The highest BCUT2D eigenvalue weighted by Gasteiger charge is 2.27. The van der Waals surface area contributed by atoms with Gasteiger partial charge in [0.25, 0.3) is 5.91 Å². The fraction of sp³-hybridized carbons (Fsp3) is 0.417. The van der Waals surface area contributed by atoms with Crippen molar-refractivity contribution in [2.45, 2.75) is 53.1 Å². The smallest absolute Gasteiger partial charge is 0.261 e. The number of aryl methyl sites for hydroxylation is 2. The van der Waals surface area contributed by atoms with Crippen molar-refractivity contribution in [3.8, 4) is 5.75 Å². The van der Waals surface area contributed by atoms with Gasteiger partial charge in [0.2, 0.25) is 5.91 Å². The molecule has 1 atom stereocenters. The molecule has 2 amide bonds. The monoisotopic (exact) mass is 448 g/mol. The molecule has 0 aliphatic carbocycles. The second kappa shape index (κ2) is 11.7. The topological polar surface area (TPSA) is 58.6 Å². The molecule has 7 heteroatoms. The number of hydrogen-bond acceptors (Lipinski definition) is 3. The van der Waals surface area contributed by atoms with Crippen molar-refractivity contribution in [2.24, 2.45) is 0 Å².